The van der Waals surface area contributed by atoms with Crippen LogP contribution in [0.1, 0.15) is 11.1 Å². The van der Waals surface area contributed by atoms with Crippen molar-refractivity contribution in [3.63, 3.8) is 0 Å². The summed E-state index contributed by atoms with van der Waals surface area (Å²) in [6.45, 7) is -3.55. The van der Waals surface area contributed by atoms with E-state index in [4.69, 9.17) is 4.74 Å². The number of benzene rings is 2. The van der Waals surface area contributed by atoms with Crippen molar-refractivity contribution in [3.8, 4) is 11.5 Å². The Bertz CT molecular complexity index is 617. The molecule has 7 heteroatoms. The second-order valence-electron chi connectivity index (χ2n) is 4.57. The predicted octanol–water partition coefficient (Wildman–Crippen LogP) is 0.338. The van der Waals surface area contributed by atoms with E-state index >= 15 is 0 Å². The van der Waals surface area contributed by atoms with E-state index in [0.29, 0.717) is 11.1 Å². The molecule has 0 saturated heterocycles. The molecule has 0 heterocycles. The number of ether oxygens (including phenoxy) is 1. The molecular formula is C14H13BF3KO2. The minimum absolute atomic E-state index is 0. The van der Waals surface area contributed by atoms with Crippen LogP contribution in [0.4, 0.5) is 12.9 Å². The average molecular weight is 320 g/mol. The van der Waals surface area contributed by atoms with Crippen LogP contribution in [0.2, 0.25) is 0 Å². The Morgan fingerprint density at radius 2 is 1.81 bits per heavy atom. The van der Waals surface area contributed by atoms with Gasteiger partial charge in [-0.05, 0) is 30.7 Å². The summed E-state index contributed by atoms with van der Waals surface area (Å²) in [5.74, 6) is -0.137. The summed E-state index contributed by atoms with van der Waals surface area (Å²) in [5.41, 5.74) is 0.403. The van der Waals surface area contributed by atoms with Gasteiger partial charge in [-0.25, -0.2) is 0 Å². The number of phenols is 1. The van der Waals surface area contributed by atoms with Gasteiger partial charge in [0.15, 0.2) is 0 Å². The molecule has 106 valence electrons. The van der Waals surface area contributed by atoms with Crippen molar-refractivity contribution in [1.29, 1.82) is 0 Å². The molecule has 0 bridgehead atoms. The zero-order valence-corrected chi connectivity index (χ0v) is 14.9. The third-order valence-corrected chi connectivity index (χ3v) is 2.82. The maximum Gasteiger partial charge on any atom is 1.00 e. The fourth-order valence-electron chi connectivity index (χ4n) is 1.86. The summed E-state index contributed by atoms with van der Waals surface area (Å²) in [5, 5.41) is 9.30. The van der Waals surface area contributed by atoms with Crippen LogP contribution in [-0.2, 0) is 6.61 Å². The van der Waals surface area contributed by atoms with Crippen molar-refractivity contribution in [2.75, 3.05) is 0 Å². The molecule has 2 nitrogen and oxygen atoms in total. The van der Waals surface area contributed by atoms with Crippen LogP contribution in [0, 0.1) is 6.92 Å². The summed E-state index contributed by atoms with van der Waals surface area (Å²) in [4.78, 5) is 0. The van der Waals surface area contributed by atoms with Crippen LogP contribution in [0.15, 0.2) is 42.5 Å². The Morgan fingerprint density at radius 3 is 2.43 bits per heavy atom. The molecule has 2 rings (SSSR count). The van der Waals surface area contributed by atoms with Gasteiger partial charge in [-0.15, -0.1) is 0 Å². The standard InChI is InChI=1S/C14H13BF3O2.K/c1-10-5-6-14(13(7-10)15(16,17)18)20-9-11-3-2-4-12(19)8-11;/h2-8,19H,9H2,1H3;/q-1;+1. The van der Waals surface area contributed by atoms with E-state index in [1.807, 2.05) is 0 Å². The Balaban J connectivity index is 0.00000220. The number of halogens is 3. The first-order valence-corrected chi connectivity index (χ1v) is 6.07. The van der Waals surface area contributed by atoms with Gasteiger partial charge in [0.2, 0.25) is 0 Å². The van der Waals surface area contributed by atoms with Gasteiger partial charge >= 0.3 is 58.4 Å². The third kappa shape index (κ3) is 5.34. The van der Waals surface area contributed by atoms with Crippen molar-refractivity contribution in [1.82, 2.24) is 0 Å². The molecule has 0 amide bonds. The van der Waals surface area contributed by atoms with E-state index in [9.17, 15) is 18.1 Å². The van der Waals surface area contributed by atoms with Gasteiger partial charge in [0.1, 0.15) is 12.4 Å². The van der Waals surface area contributed by atoms with Crippen LogP contribution in [0.25, 0.3) is 0 Å². The van der Waals surface area contributed by atoms with Gasteiger partial charge in [0.25, 0.3) is 0 Å². The summed E-state index contributed by atoms with van der Waals surface area (Å²) in [7, 11) is 0. The molecule has 1 N–H and O–H groups in total. The zero-order valence-electron chi connectivity index (χ0n) is 11.8. The Hall–Kier alpha value is -0.469. The first kappa shape index (κ1) is 18.6. The summed E-state index contributed by atoms with van der Waals surface area (Å²) < 4.78 is 44.1. The summed E-state index contributed by atoms with van der Waals surface area (Å²) in [6, 6.07) is 10.2. The smallest absolute Gasteiger partial charge is 0.508 e. The molecule has 0 aliphatic heterocycles. The van der Waals surface area contributed by atoms with E-state index in [1.165, 1.54) is 18.2 Å². The number of hydrogen-bond acceptors (Lipinski definition) is 2. The normalized spacial score (nSPS) is 10.9. The number of hydrogen-bond donors (Lipinski definition) is 1. The van der Waals surface area contributed by atoms with Gasteiger partial charge in [-0.2, -0.15) is 0 Å². The van der Waals surface area contributed by atoms with Gasteiger partial charge in [0, 0.05) is 0 Å². The molecule has 0 aromatic heterocycles. The quantitative estimate of drug-likeness (QED) is 0.823. The molecule has 0 atom stereocenters. The topological polar surface area (TPSA) is 29.5 Å². The maximum absolute atomic E-state index is 13.0. The molecule has 0 spiro atoms. The Morgan fingerprint density at radius 1 is 1.10 bits per heavy atom. The first-order chi connectivity index (χ1) is 9.36. The Kier molecular flexibility index (Phi) is 6.80. The van der Waals surface area contributed by atoms with E-state index in [2.05, 4.69) is 0 Å². The Labute approximate surface area is 163 Å². The van der Waals surface area contributed by atoms with Crippen LogP contribution in [0.3, 0.4) is 0 Å². The van der Waals surface area contributed by atoms with Gasteiger partial charge in [-0.3, -0.25) is 0 Å². The van der Waals surface area contributed by atoms with Crippen molar-refractivity contribution in [2.45, 2.75) is 13.5 Å². The molecule has 0 aliphatic rings. The van der Waals surface area contributed by atoms with Crippen LogP contribution >= 0.6 is 0 Å². The maximum atomic E-state index is 13.0. The minimum Gasteiger partial charge on any atom is -0.508 e. The molecule has 0 saturated carbocycles. The monoisotopic (exact) mass is 320 g/mol. The van der Waals surface area contributed by atoms with Crippen LogP contribution < -0.4 is 61.6 Å². The van der Waals surface area contributed by atoms with Crippen molar-refractivity contribution >= 4 is 12.4 Å². The van der Waals surface area contributed by atoms with E-state index in [-0.39, 0.29) is 69.5 Å². The minimum atomic E-state index is -5.12. The summed E-state index contributed by atoms with van der Waals surface area (Å²) >= 11 is 0. The van der Waals surface area contributed by atoms with Gasteiger partial charge in [0.05, 0.1) is 5.75 Å². The molecule has 2 aromatic carbocycles. The SMILES string of the molecule is Cc1ccc(OCc2cccc(O)c2)c([B-](F)(F)F)c1.[K+]. The molecule has 0 radical (unpaired) electrons. The molecule has 0 fully saturated rings. The second-order valence-corrected chi connectivity index (χ2v) is 4.57. The zero-order chi connectivity index (χ0) is 14.8. The molecule has 21 heavy (non-hydrogen) atoms. The summed E-state index contributed by atoms with van der Waals surface area (Å²) in [6.07, 6.45) is 0. The second kappa shape index (κ2) is 7.69. The largest absolute Gasteiger partial charge is 1.00 e. The fourth-order valence-corrected chi connectivity index (χ4v) is 1.86. The van der Waals surface area contributed by atoms with E-state index < -0.39 is 12.4 Å². The molecule has 2 aromatic rings. The van der Waals surface area contributed by atoms with Gasteiger partial charge < -0.3 is 22.8 Å². The number of rotatable bonds is 4. The number of aromatic hydroxyl groups is 1. The van der Waals surface area contributed by atoms with Crippen LogP contribution in [-0.4, -0.2) is 12.1 Å². The number of phenolic OH excluding ortho intramolecular Hbond substituents is 1. The van der Waals surface area contributed by atoms with E-state index in [0.717, 1.165) is 6.07 Å². The molecule has 0 unspecified atom stereocenters. The van der Waals surface area contributed by atoms with Crippen molar-refractivity contribution in [2.24, 2.45) is 0 Å². The first-order valence-electron chi connectivity index (χ1n) is 6.07. The van der Waals surface area contributed by atoms with E-state index in [1.54, 1.807) is 25.1 Å². The average Bonchev–Trinajstić information content (AvgIpc) is 2.36. The number of aryl methyl sites for hydroxylation is 1. The van der Waals surface area contributed by atoms with Crippen molar-refractivity contribution in [3.05, 3.63) is 53.6 Å². The molecule has 0 aliphatic carbocycles. The fraction of sp³-hybridized carbons (Fsp3) is 0.143. The van der Waals surface area contributed by atoms with Crippen LogP contribution in [0.5, 0.6) is 11.5 Å². The molecular weight excluding hydrogens is 307 g/mol. The van der Waals surface area contributed by atoms with Crippen molar-refractivity contribution < 1.29 is 74.2 Å². The predicted molar refractivity (Wildman–Crippen MR) is 72.3 cm³/mol. The van der Waals surface area contributed by atoms with Gasteiger partial charge in [-0.1, -0.05) is 35.3 Å². The third-order valence-electron chi connectivity index (χ3n) is 2.82.